The number of anilines is 3. The first-order valence-electron chi connectivity index (χ1n) is 11.2. The second kappa shape index (κ2) is 8.09. The van der Waals surface area contributed by atoms with Gasteiger partial charge in [0.2, 0.25) is 5.95 Å². The van der Waals surface area contributed by atoms with E-state index in [1.165, 1.54) is 37.8 Å². The van der Waals surface area contributed by atoms with Crippen LogP contribution in [0.2, 0.25) is 0 Å². The minimum atomic E-state index is 0.0439. The zero-order chi connectivity index (χ0) is 20.5. The Morgan fingerprint density at radius 1 is 1.00 bits per heavy atom. The monoisotopic (exact) mass is 403 g/mol. The van der Waals surface area contributed by atoms with E-state index in [0.29, 0.717) is 5.95 Å². The van der Waals surface area contributed by atoms with Gasteiger partial charge in [-0.15, -0.1) is 0 Å². The fraction of sp³-hybridized carbons (Fsp3) is 0.458. The highest BCUT2D eigenvalue weighted by Gasteiger charge is 2.21. The maximum atomic E-state index is 12.8. The van der Waals surface area contributed by atoms with Crippen molar-refractivity contribution < 1.29 is 0 Å². The normalized spacial score (nSPS) is 17.6. The predicted octanol–water partition coefficient (Wildman–Crippen LogP) is 4.95. The van der Waals surface area contributed by atoms with Gasteiger partial charge >= 0.3 is 0 Å². The van der Waals surface area contributed by atoms with E-state index in [2.05, 4.69) is 39.5 Å². The van der Waals surface area contributed by atoms with Crippen molar-refractivity contribution in [3.8, 4) is 0 Å². The highest BCUT2D eigenvalue weighted by Crippen LogP contribution is 2.31. The third-order valence-electron chi connectivity index (χ3n) is 6.53. The maximum Gasteiger partial charge on any atom is 0.252 e. The Hall–Kier alpha value is -2.89. The van der Waals surface area contributed by atoms with E-state index in [0.717, 1.165) is 48.2 Å². The number of nitrogens with zero attached hydrogens (tertiary/aromatic N) is 4. The van der Waals surface area contributed by atoms with E-state index < -0.39 is 0 Å². The van der Waals surface area contributed by atoms with Gasteiger partial charge in [-0.2, -0.15) is 4.98 Å². The minimum absolute atomic E-state index is 0.0439. The summed E-state index contributed by atoms with van der Waals surface area (Å²) < 4.78 is 1.89. The quantitative estimate of drug-likeness (QED) is 0.668. The molecule has 0 radical (unpaired) electrons. The number of nitrogens with one attached hydrogen (secondary N) is 1. The zero-order valence-corrected chi connectivity index (χ0v) is 17.6. The number of benzene rings is 1. The Balaban J connectivity index is 1.44. The van der Waals surface area contributed by atoms with E-state index in [9.17, 15) is 4.79 Å². The van der Waals surface area contributed by atoms with Crippen molar-refractivity contribution in [2.75, 3.05) is 23.3 Å². The Morgan fingerprint density at radius 2 is 1.73 bits per heavy atom. The molecule has 2 fully saturated rings. The molecular weight excluding hydrogens is 374 g/mol. The smallest absolute Gasteiger partial charge is 0.252 e. The topological polar surface area (TPSA) is 63.1 Å². The number of aromatic nitrogens is 3. The summed E-state index contributed by atoms with van der Waals surface area (Å²) in [6, 6.07) is 10.4. The average Bonchev–Trinajstić information content (AvgIpc) is 3.29. The van der Waals surface area contributed by atoms with Gasteiger partial charge in [0.25, 0.3) is 5.56 Å². The summed E-state index contributed by atoms with van der Waals surface area (Å²) >= 11 is 0. The van der Waals surface area contributed by atoms with Crippen molar-refractivity contribution in [1.82, 2.24) is 14.5 Å². The minimum Gasteiger partial charge on any atom is -0.372 e. The molecule has 2 aromatic heterocycles. The first-order chi connectivity index (χ1) is 14.7. The predicted molar refractivity (Wildman–Crippen MR) is 122 cm³/mol. The van der Waals surface area contributed by atoms with E-state index in [-0.39, 0.29) is 11.6 Å². The molecule has 0 atom stereocenters. The van der Waals surface area contributed by atoms with Crippen LogP contribution in [0.25, 0.3) is 11.0 Å². The summed E-state index contributed by atoms with van der Waals surface area (Å²) in [4.78, 5) is 24.5. The van der Waals surface area contributed by atoms with Crippen LogP contribution < -0.4 is 15.8 Å². The molecule has 5 rings (SSSR count). The van der Waals surface area contributed by atoms with Gasteiger partial charge in [-0.3, -0.25) is 9.36 Å². The lowest BCUT2D eigenvalue weighted by Gasteiger charge is -2.28. The number of hydrogen-bond donors (Lipinski definition) is 1. The molecule has 30 heavy (non-hydrogen) atoms. The van der Waals surface area contributed by atoms with E-state index in [1.54, 1.807) is 6.07 Å². The van der Waals surface area contributed by atoms with Crippen LogP contribution in [0.15, 0.2) is 41.3 Å². The van der Waals surface area contributed by atoms with Crippen molar-refractivity contribution in [3.05, 3.63) is 52.4 Å². The molecule has 3 heterocycles. The Labute approximate surface area is 177 Å². The molecule has 1 aromatic carbocycles. The molecule has 0 spiro atoms. The first-order valence-corrected chi connectivity index (χ1v) is 11.2. The van der Waals surface area contributed by atoms with Crippen LogP contribution in [0.5, 0.6) is 0 Å². The summed E-state index contributed by atoms with van der Waals surface area (Å²) in [5, 5.41) is 4.28. The van der Waals surface area contributed by atoms with Crippen LogP contribution >= 0.6 is 0 Å². The first kappa shape index (κ1) is 19.1. The van der Waals surface area contributed by atoms with Crippen molar-refractivity contribution in [1.29, 1.82) is 0 Å². The molecule has 2 aliphatic rings. The van der Waals surface area contributed by atoms with Crippen LogP contribution in [0, 0.1) is 6.92 Å². The van der Waals surface area contributed by atoms with Crippen molar-refractivity contribution >= 4 is 28.4 Å². The number of fused-ring (bicyclic) bond motifs is 1. The number of piperidine rings is 1. The molecule has 156 valence electrons. The second-order valence-electron chi connectivity index (χ2n) is 8.62. The molecule has 1 saturated heterocycles. The molecular formula is C24H29N5O. The molecule has 0 unspecified atom stereocenters. The van der Waals surface area contributed by atoms with E-state index in [4.69, 9.17) is 4.98 Å². The summed E-state index contributed by atoms with van der Waals surface area (Å²) in [5.41, 5.74) is 3.95. The Morgan fingerprint density at radius 3 is 2.47 bits per heavy atom. The second-order valence-corrected chi connectivity index (χ2v) is 8.62. The Kier molecular flexibility index (Phi) is 5.15. The summed E-state index contributed by atoms with van der Waals surface area (Å²) in [7, 11) is 0. The lowest BCUT2D eigenvalue weighted by atomic mass is 10.1. The van der Waals surface area contributed by atoms with Gasteiger partial charge in [0.15, 0.2) is 0 Å². The highest BCUT2D eigenvalue weighted by atomic mass is 16.1. The average molecular weight is 404 g/mol. The van der Waals surface area contributed by atoms with Crippen LogP contribution in [0.4, 0.5) is 17.3 Å². The fourth-order valence-electron chi connectivity index (χ4n) is 4.88. The number of aryl methyl sites for hydroxylation is 1. The molecule has 6 heteroatoms. The molecule has 0 bridgehead atoms. The largest absolute Gasteiger partial charge is 0.372 e. The van der Waals surface area contributed by atoms with E-state index in [1.807, 2.05) is 17.7 Å². The van der Waals surface area contributed by atoms with Gasteiger partial charge in [0, 0.05) is 48.2 Å². The number of rotatable bonds is 4. The van der Waals surface area contributed by atoms with Gasteiger partial charge < -0.3 is 10.2 Å². The van der Waals surface area contributed by atoms with Gasteiger partial charge in [-0.05, 0) is 68.9 Å². The molecule has 1 aliphatic heterocycles. The van der Waals surface area contributed by atoms with Gasteiger partial charge in [0.05, 0.1) is 0 Å². The number of pyridine rings is 1. The third-order valence-corrected chi connectivity index (χ3v) is 6.53. The molecule has 1 aliphatic carbocycles. The number of hydrogen-bond acceptors (Lipinski definition) is 5. The highest BCUT2D eigenvalue weighted by molar-refractivity contribution is 5.79. The summed E-state index contributed by atoms with van der Waals surface area (Å²) in [6.45, 7) is 4.23. The van der Waals surface area contributed by atoms with Crippen molar-refractivity contribution in [2.45, 2.75) is 57.9 Å². The van der Waals surface area contributed by atoms with Crippen LogP contribution in [0.3, 0.4) is 0 Å². The lowest BCUT2D eigenvalue weighted by Crippen LogP contribution is -2.29. The van der Waals surface area contributed by atoms with Crippen LogP contribution in [-0.4, -0.2) is 27.6 Å². The van der Waals surface area contributed by atoms with Crippen LogP contribution in [-0.2, 0) is 0 Å². The van der Waals surface area contributed by atoms with Gasteiger partial charge in [-0.1, -0.05) is 12.8 Å². The standard InChI is InChI=1S/C24H29N5O/c1-17-15-22(30)29(20-7-3-4-8-20)23-21(17)16-25-24(27-23)26-18-9-11-19(12-10-18)28-13-5-2-6-14-28/h9-12,15-16,20H,2-8,13-14H2,1H3,(H,25,26,27). The van der Waals surface area contributed by atoms with Gasteiger partial charge in [-0.25, -0.2) is 4.98 Å². The summed E-state index contributed by atoms with van der Waals surface area (Å²) in [5.74, 6) is 0.532. The van der Waals surface area contributed by atoms with Gasteiger partial charge in [0.1, 0.15) is 5.65 Å². The fourth-order valence-corrected chi connectivity index (χ4v) is 4.88. The van der Waals surface area contributed by atoms with E-state index >= 15 is 0 Å². The molecule has 1 saturated carbocycles. The molecule has 1 N–H and O–H groups in total. The summed E-state index contributed by atoms with van der Waals surface area (Å²) in [6.07, 6.45) is 10.2. The Bertz CT molecular complexity index is 1090. The van der Waals surface area contributed by atoms with Crippen molar-refractivity contribution in [3.63, 3.8) is 0 Å². The maximum absolute atomic E-state index is 12.8. The molecule has 3 aromatic rings. The zero-order valence-electron chi connectivity index (χ0n) is 17.6. The SMILES string of the molecule is Cc1cc(=O)n(C2CCCC2)c2nc(Nc3ccc(N4CCCCC4)cc3)ncc12. The lowest BCUT2D eigenvalue weighted by molar-refractivity contribution is 0.515. The third kappa shape index (κ3) is 3.66. The molecule has 0 amide bonds. The molecule has 6 nitrogen and oxygen atoms in total. The van der Waals surface area contributed by atoms with Crippen LogP contribution in [0.1, 0.15) is 56.6 Å². The van der Waals surface area contributed by atoms with Crippen molar-refractivity contribution in [2.24, 2.45) is 0 Å².